The minimum atomic E-state index is -0.316. The highest BCUT2D eigenvalue weighted by Crippen LogP contribution is 2.27. The molecule has 130 valence electrons. The van der Waals surface area contributed by atoms with Gasteiger partial charge < -0.3 is 14.5 Å². The topological polar surface area (TPSA) is 88.1 Å². The van der Waals surface area contributed by atoms with Gasteiger partial charge in [0.25, 0.3) is 5.91 Å². The van der Waals surface area contributed by atoms with Crippen LogP contribution in [0.4, 0.5) is 0 Å². The Balaban J connectivity index is 1.78. The van der Waals surface area contributed by atoms with Crippen molar-refractivity contribution in [3.63, 3.8) is 0 Å². The van der Waals surface area contributed by atoms with E-state index in [1.165, 1.54) is 0 Å². The molecule has 0 aliphatic heterocycles. The van der Waals surface area contributed by atoms with Crippen molar-refractivity contribution in [2.24, 2.45) is 0 Å². The lowest BCUT2D eigenvalue weighted by molar-refractivity contribution is 0.0945. The van der Waals surface area contributed by atoms with E-state index >= 15 is 0 Å². The fourth-order valence-corrected chi connectivity index (χ4v) is 2.38. The van der Waals surface area contributed by atoms with Crippen molar-refractivity contribution < 1.29 is 13.9 Å². The highest BCUT2D eigenvalue weighted by Gasteiger charge is 2.15. The molecule has 0 unspecified atom stereocenters. The number of carbonyl (C=O) groups excluding carboxylic acids is 1. The summed E-state index contributed by atoms with van der Waals surface area (Å²) in [5.74, 6) is 1.62. The Kier molecular flexibility index (Phi) is 4.99. The molecule has 0 spiro atoms. The molecule has 0 atom stereocenters. The first kappa shape index (κ1) is 17.2. The molecule has 1 N–H and O–H groups in total. The fourth-order valence-electron chi connectivity index (χ4n) is 2.38. The molecule has 0 bridgehead atoms. The molecule has 0 fully saturated rings. The SMILES string of the molecule is Cc1nc(CNC(=O)c2ccccc2Oc2ccccc2C#N)oc1C. The van der Waals surface area contributed by atoms with Gasteiger partial charge in [-0.2, -0.15) is 5.26 Å². The predicted molar refractivity (Wildman–Crippen MR) is 94.8 cm³/mol. The molecule has 6 nitrogen and oxygen atoms in total. The first-order chi connectivity index (χ1) is 12.6. The number of oxazole rings is 1. The van der Waals surface area contributed by atoms with Crippen molar-refractivity contribution in [3.05, 3.63) is 77.0 Å². The lowest BCUT2D eigenvalue weighted by Gasteiger charge is -2.11. The molecule has 0 saturated carbocycles. The lowest BCUT2D eigenvalue weighted by atomic mass is 10.1. The molecule has 0 aliphatic rings. The van der Waals surface area contributed by atoms with Crippen molar-refractivity contribution in [2.45, 2.75) is 20.4 Å². The summed E-state index contributed by atoms with van der Waals surface area (Å²) in [6, 6.07) is 15.8. The molecule has 0 aliphatic carbocycles. The average Bonchev–Trinajstić information content (AvgIpc) is 2.98. The molecule has 1 heterocycles. The highest BCUT2D eigenvalue weighted by molar-refractivity contribution is 5.96. The number of hydrogen-bond acceptors (Lipinski definition) is 5. The number of ether oxygens (including phenoxy) is 1. The van der Waals surface area contributed by atoms with E-state index in [1.807, 2.05) is 13.8 Å². The second-order valence-electron chi connectivity index (χ2n) is 5.64. The zero-order valence-electron chi connectivity index (χ0n) is 14.4. The summed E-state index contributed by atoms with van der Waals surface area (Å²) < 4.78 is 11.3. The monoisotopic (exact) mass is 347 g/mol. The van der Waals surface area contributed by atoms with Crippen LogP contribution in [0.5, 0.6) is 11.5 Å². The van der Waals surface area contributed by atoms with Crippen molar-refractivity contribution in [3.8, 4) is 17.6 Å². The van der Waals surface area contributed by atoms with Gasteiger partial charge in [-0.05, 0) is 38.1 Å². The molecular weight excluding hydrogens is 330 g/mol. The number of nitrogens with zero attached hydrogens (tertiary/aromatic N) is 2. The number of carbonyl (C=O) groups is 1. The number of aryl methyl sites for hydroxylation is 2. The summed E-state index contributed by atoms with van der Waals surface area (Å²) in [5, 5.41) is 12.0. The Morgan fingerprint density at radius 1 is 1.15 bits per heavy atom. The normalized spacial score (nSPS) is 10.2. The van der Waals surface area contributed by atoms with Crippen LogP contribution in [0, 0.1) is 25.2 Å². The first-order valence-corrected chi connectivity index (χ1v) is 8.05. The zero-order valence-corrected chi connectivity index (χ0v) is 14.4. The molecule has 26 heavy (non-hydrogen) atoms. The summed E-state index contributed by atoms with van der Waals surface area (Å²) in [7, 11) is 0. The third kappa shape index (κ3) is 3.73. The molecule has 3 aromatic rings. The Morgan fingerprint density at radius 2 is 1.85 bits per heavy atom. The van der Waals surface area contributed by atoms with Crippen LogP contribution >= 0.6 is 0 Å². The molecule has 3 rings (SSSR count). The summed E-state index contributed by atoms with van der Waals surface area (Å²) in [6.07, 6.45) is 0. The van der Waals surface area contributed by atoms with E-state index in [2.05, 4.69) is 16.4 Å². The zero-order chi connectivity index (χ0) is 18.5. The van der Waals surface area contributed by atoms with E-state index in [-0.39, 0.29) is 12.5 Å². The van der Waals surface area contributed by atoms with Crippen molar-refractivity contribution >= 4 is 5.91 Å². The van der Waals surface area contributed by atoms with Crippen LogP contribution in [0.2, 0.25) is 0 Å². The second-order valence-corrected chi connectivity index (χ2v) is 5.64. The van der Waals surface area contributed by atoms with E-state index in [1.54, 1.807) is 48.5 Å². The van der Waals surface area contributed by atoms with Gasteiger partial charge in [-0.1, -0.05) is 24.3 Å². The fraction of sp³-hybridized carbons (Fsp3) is 0.150. The van der Waals surface area contributed by atoms with E-state index < -0.39 is 0 Å². The van der Waals surface area contributed by atoms with Gasteiger partial charge >= 0.3 is 0 Å². The van der Waals surface area contributed by atoms with Crippen LogP contribution in [0.25, 0.3) is 0 Å². The summed E-state index contributed by atoms with van der Waals surface area (Å²) in [4.78, 5) is 16.8. The molecular formula is C20H17N3O3. The number of amides is 1. The maximum absolute atomic E-state index is 12.5. The van der Waals surface area contributed by atoms with E-state index in [0.29, 0.717) is 28.5 Å². The number of benzene rings is 2. The number of para-hydroxylation sites is 2. The molecule has 0 radical (unpaired) electrons. The second kappa shape index (κ2) is 7.53. The van der Waals surface area contributed by atoms with Crippen LogP contribution < -0.4 is 10.1 Å². The Bertz CT molecular complexity index is 966. The average molecular weight is 347 g/mol. The predicted octanol–water partition coefficient (Wildman–Crippen LogP) is 3.89. The lowest BCUT2D eigenvalue weighted by Crippen LogP contribution is -2.23. The summed E-state index contributed by atoms with van der Waals surface area (Å²) in [5.41, 5.74) is 1.56. The van der Waals surface area contributed by atoms with Gasteiger partial charge in [-0.15, -0.1) is 0 Å². The van der Waals surface area contributed by atoms with Crippen LogP contribution in [0.3, 0.4) is 0 Å². The van der Waals surface area contributed by atoms with Gasteiger partial charge in [0.2, 0.25) is 5.89 Å². The van der Waals surface area contributed by atoms with Gasteiger partial charge in [-0.25, -0.2) is 4.98 Å². The first-order valence-electron chi connectivity index (χ1n) is 8.05. The largest absolute Gasteiger partial charge is 0.455 e. The van der Waals surface area contributed by atoms with Crippen LogP contribution in [0.15, 0.2) is 52.9 Å². The molecule has 0 saturated heterocycles. The van der Waals surface area contributed by atoms with Crippen LogP contribution in [0.1, 0.15) is 33.3 Å². The van der Waals surface area contributed by atoms with Gasteiger partial charge in [0.1, 0.15) is 23.3 Å². The molecule has 1 aromatic heterocycles. The molecule has 6 heteroatoms. The Morgan fingerprint density at radius 3 is 2.54 bits per heavy atom. The smallest absolute Gasteiger partial charge is 0.255 e. The number of rotatable bonds is 5. The maximum Gasteiger partial charge on any atom is 0.255 e. The minimum Gasteiger partial charge on any atom is -0.455 e. The molecule has 2 aromatic carbocycles. The summed E-state index contributed by atoms with van der Waals surface area (Å²) in [6.45, 7) is 3.85. The Labute approximate surface area is 151 Å². The van der Waals surface area contributed by atoms with E-state index in [4.69, 9.17) is 9.15 Å². The number of hydrogen-bond donors (Lipinski definition) is 1. The van der Waals surface area contributed by atoms with E-state index in [0.717, 1.165) is 11.5 Å². The van der Waals surface area contributed by atoms with E-state index in [9.17, 15) is 10.1 Å². The third-order valence-corrected chi connectivity index (χ3v) is 3.83. The molecule has 1 amide bonds. The Hall–Kier alpha value is -3.59. The van der Waals surface area contributed by atoms with Crippen molar-refractivity contribution in [1.29, 1.82) is 5.26 Å². The standard InChI is InChI=1S/C20H17N3O3/c1-13-14(2)25-19(23-13)12-22-20(24)16-8-4-6-10-18(16)26-17-9-5-3-7-15(17)11-21/h3-10H,12H2,1-2H3,(H,22,24). The van der Waals surface area contributed by atoms with Gasteiger partial charge in [-0.3, -0.25) is 4.79 Å². The minimum absolute atomic E-state index is 0.177. The number of nitrogens with one attached hydrogen (secondary N) is 1. The van der Waals surface area contributed by atoms with Gasteiger partial charge in [0.15, 0.2) is 0 Å². The van der Waals surface area contributed by atoms with Gasteiger partial charge in [0, 0.05) is 0 Å². The van der Waals surface area contributed by atoms with Crippen molar-refractivity contribution in [1.82, 2.24) is 10.3 Å². The van der Waals surface area contributed by atoms with Crippen LogP contribution in [-0.4, -0.2) is 10.9 Å². The number of nitriles is 1. The van der Waals surface area contributed by atoms with Crippen molar-refractivity contribution in [2.75, 3.05) is 0 Å². The van der Waals surface area contributed by atoms with Gasteiger partial charge in [0.05, 0.1) is 23.4 Å². The highest BCUT2D eigenvalue weighted by atomic mass is 16.5. The summed E-state index contributed by atoms with van der Waals surface area (Å²) >= 11 is 0. The third-order valence-electron chi connectivity index (χ3n) is 3.83. The maximum atomic E-state index is 12.5. The number of aromatic nitrogens is 1. The quantitative estimate of drug-likeness (QED) is 0.756. The van der Waals surface area contributed by atoms with Crippen LogP contribution in [-0.2, 0) is 6.54 Å².